The molecule has 2 amide bonds. The Morgan fingerprint density at radius 1 is 1.39 bits per heavy atom. The predicted octanol–water partition coefficient (Wildman–Crippen LogP) is 1.51. The standard InChI is InChI=1S/C12H20N4O2/c1-8-11(9(2)18-15-8)14-12(17)13-10-4-6-16(3)7-5-10/h10H,4-7H2,1-3H3,(H2,13,14,17). The first-order valence-corrected chi connectivity index (χ1v) is 6.25. The van der Waals surface area contributed by atoms with Gasteiger partial charge in [0.05, 0.1) is 0 Å². The Labute approximate surface area is 107 Å². The van der Waals surface area contributed by atoms with E-state index in [2.05, 4.69) is 27.7 Å². The van der Waals surface area contributed by atoms with Crippen LogP contribution in [0.25, 0.3) is 0 Å². The van der Waals surface area contributed by atoms with E-state index in [1.807, 2.05) is 6.92 Å². The quantitative estimate of drug-likeness (QED) is 0.837. The lowest BCUT2D eigenvalue weighted by Crippen LogP contribution is -2.44. The van der Waals surface area contributed by atoms with Crippen molar-refractivity contribution >= 4 is 11.7 Å². The minimum Gasteiger partial charge on any atom is -0.359 e. The van der Waals surface area contributed by atoms with Crippen LogP contribution in [0.5, 0.6) is 0 Å². The number of nitrogens with zero attached hydrogens (tertiary/aromatic N) is 2. The second-order valence-electron chi connectivity index (χ2n) is 4.88. The Kier molecular flexibility index (Phi) is 3.86. The Morgan fingerprint density at radius 2 is 2.06 bits per heavy atom. The molecular weight excluding hydrogens is 232 g/mol. The van der Waals surface area contributed by atoms with Gasteiger partial charge in [0.25, 0.3) is 0 Å². The highest BCUT2D eigenvalue weighted by molar-refractivity contribution is 5.90. The van der Waals surface area contributed by atoms with Crippen LogP contribution in [-0.4, -0.2) is 42.3 Å². The molecule has 0 radical (unpaired) electrons. The Morgan fingerprint density at radius 3 is 2.61 bits per heavy atom. The van der Waals surface area contributed by atoms with Crippen molar-refractivity contribution < 1.29 is 9.32 Å². The lowest BCUT2D eigenvalue weighted by molar-refractivity contribution is 0.221. The number of rotatable bonds is 2. The van der Waals surface area contributed by atoms with E-state index in [1.54, 1.807) is 6.92 Å². The van der Waals surface area contributed by atoms with E-state index in [1.165, 1.54) is 0 Å². The van der Waals surface area contributed by atoms with Crippen LogP contribution in [0.4, 0.5) is 10.5 Å². The number of amides is 2. The minimum atomic E-state index is -0.182. The van der Waals surface area contributed by atoms with Gasteiger partial charge in [0.1, 0.15) is 11.4 Å². The Bertz CT molecular complexity index is 402. The maximum absolute atomic E-state index is 11.9. The summed E-state index contributed by atoms with van der Waals surface area (Å²) in [5.41, 5.74) is 1.37. The molecule has 1 fully saturated rings. The SMILES string of the molecule is Cc1noc(C)c1NC(=O)NC1CCN(C)CC1. The van der Waals surface area contributed by atoms with Gasteiger partial charge in [0.15, 0.2) is 5.76 Å². The number of nitrogens with one attached hydrogen (secondary N) is 2. The van der Waals surface area contributed by atoms with Crippen molar-refractivity contribution in [1.29, 1.82) is 0 Å². The van der Waals surface area contributed by atoms with Crippen molar-refractivity contribution in [2.24, 2.45) is 0 Å². The van der Waals surface area contributed by atoms with Crippen LogP contribution < -0.4 is 10.6 Å². The highest BCUT2D eigenvalue weighted by atomic mass is 16.5. The molecule has 0 aromatic carbocycles. The first-order chi connectivity index (χ1) is 8.56. The second-order valence-corrected chi connectivity index (χ2v) is 4.88. The molecule has 1 aliphatic heterocycles. The summed E-state index contributed by atoms with van der Waals surface area (Å²) in [5.74, 6) is 0.631. The van der Waals surface area contributed by atoms with Gasteiger partial charge in [-0.3, -0.25) is 0 Å². The Hall–Kier alpha value is -1.56. The average molecular weight is 252 g/mol. The van der Waals surface area contributed by atoms with Gasteiger partial charge >= 0.3 is 6.03 Å². The molecule has 0 unspecified atom stereocenters. The van der Waals surface area contributed by atoms with Crippen molar-refractivity contribution in [3.05, 3.63) is 11.5 Å². The van der Waals surface area contributed by atoms with E-state index >= 15 is 0 Å². The first kappa shape index (κ1) is 12.9. The van der Waals surface area contributed by atoms with Gasteiger partial charge in [0.2, 0.25) is 0 Å². The number of urea groups is 1. The van der Waals surface area contributed by atoms with Gasteiger partial charge in [-0.1, -0.05) is 5.16 Å². The van der Waals surface area contributed by atoms with Crippen molar-refractivity contribution in [1.82, 2.24) is 15.4 Å². The van der Waals surface area contributed by atoms with E-state index in [9.17, 15) is 4.79 Å². The summed E-state index contributed by atoms with van der Waals surface area (Å²) in [6.45, 7) is 5.64. The highest BCUT2D eigenvalue weighted by Crippen LogP contribution is 2.18. The molecule has 1 aromatic rings. The average Bonchev–Trinajstić information content (AvgIpc) is 2.64. The minimum absolute atomic E-state index is 0.182. The molecule has 1 aliphatic rings. The molecule has 2 heterocycles. The molecule has 18 heavy (non-hydrogen) atoms. The van der Waals surface area contributed by atoms with Crippen LogP contribution in [0.2, 0.25) is 0 Å². The van der Waals surface area contributed by atoms with Crippen molar-refractivity contribution in [2.45, 2.75) is 32.7 Å². The van der Waals surface area contributed by atoms with E-state index in [-0.39, 0.29) is 12.1 Å². The molecule has 0 saturated carbocycles. The summed E-state index contributed by atoms with van der Waals surface area (Å²) < 4.78 is 5.00. The fourth-order valence-electron chi connectivity index (χ4n) is 2.15. The molecule has 0 spiro atoms. The number of carbonyl (C=O) groups is 1. The summed E-state index contributed by atoms with van der Waals surface area (Å²) >= 11 is 0. The third-order valence-electron chi connectivity index (χ3n) is 3.33. The number of piperidine rings is 1. The number of hydrogen-bond donors (Lipinski definition) is 2. The lowest BCUT2D eigenvalue weighted by Gasteiger charge is -2.29. The predicted molar refractivity (Wildman–Crippen MR) is 68.7 cm³/mol. The molecule has 1 aromatic heterocycles. The summed E-state index contributed by atoms with van der Waals surface area (Å²) in [5, 5.41) is 9.58. The van der Waals surface area contributed by atoms with Gasteiger partial charge in [0, 0.05) is 6.04 Å². The monoisotopic (exact) mass is 252 g/mol. The van der Waals surface area contributed by atoms with Crippen LogP contribution in [-0.2, 0) is 0 Å². The third kappa shape index (κ3) is 3.01. The maximum atomic E-state index is 11.9. The van der Waals surface area contributed by atoms with E-state index in [0.717, 1.165) is 25.9 Å². The van der Waals surface area contributed by atoms with Crippen molar-refractivity contribution in [3.63, 3.8) is 0 Å². The van der Waals surface area contributed by atoms with Crippen LogP contribution in [0.1, 0.15) is 24.3 Å². The number of aromatic nitrogens is 1. The molecule has 6 nitrogen and oxygen atoms in total. The van der Waals surface area contributed by atoms with Crippen LogP contribution in [0.3, 0.4) is 0 Å². The molecule has 2 N–H and O–H groups in total. The zero-order chi connectivity index (χ0) is 13.1. The van der Waals surface area contributed by atoms with Gasteiger partial charge in [-0.05, 0) is 46.8 Å². The summed E-state index contributed by atoms with van der Waals surface area (Å²) in [6.07, 6.45) is 1.98. The molecule has 100 valence electrons. The summed E-state index contributed by atoms with van der Waals surface area (Å²) in [4.78, 5) is 14.1. The third-order valence-corrected chi connectivity index (χ3v) is 3.33. The number of anilines is 1. The zero-order valence-corrected chi connectivity index (χ0v) is 11.1. The highest BCUT2D eigenvalue weighted by Gasteiger charge is 2.19. The maximum Gasteiger partial charge on any atom is 0.319 e. The van der Waals surface area contributed by atoms with Gasteiger partial charge in [-0.2, -0.15) is 0 Å². The van der Waals surface area contributed by atoms with Crippen molar-refractivity contribution in [2.75, 3.05) is 25.5 Å². The van der Waals surface area contributed by atoms with E-state index < -0.39 is 0 Å². The van der Waals surface area contributed by atoms with Gasteiger partial charge in [-0.15, -0.1) is 0 Å². The summed E-state index contributed by atoms with van der Waals surface area (Å²) in [6, 6.07) is 0.0700. The van der Waals surface area contributed by atoms with E-state index in [0.29, 0.717) is 17.1 Å². The smallest absolute Gasteiger partial charge is 0.319 e. The second kappa shape index (κ2) is 5.39. The summed E-state index contributed by atoms with van der Waals surface area (Å²) in [7, 11) is 2.10. The van der Waals surface area contributed by atoms with E-state index in [4.69, 9.17) is 4.52 Å². The van der Waals surface area contributed by atoms with Crippen LogP contribution >= 0.6 is 0 Å². The normalized spacial score (nSPS) is 17.7. The number of carbonyl (C=O) groups excluding carboxylic acids is 1. The fourth-order valence-corrected chi connectivity index (χ4v) is 2.15. The van der Waals surface area contributed by atoms with Crippen LogP contribution in [0, 0.1) is 13.8 Å². The molecule has 2 rings (SSSR count). The number of aryl methyl sites for hydroxylation is 2. The zero-order valence-electron chi connectivity index (χ0n) is 11.1. The Balaban J connectivity index is 1.86. The first-order valence-electron chi connectivity index (χ1n) is 6.25. The molecule has 6 heteroatoms. The van der Waals surface area contributed by atoms with Gasteiger partial charge in [-0.25, -0.2) is 4.79 Å². The van der Waals surface area contributed by atoms with Crippen LogP contribution in [0.15, 0.2) is 4.52 Å². The fraction of sp³-hybridized carbons (Fsp3) is 0.667. The molecule has 1 saturated heterocycles. The number of likely N-dealkylation sites (tertiary alicyclic amines) is 1. The topological polar surface area (TPSA) is 70.4 Å². The molecule has 0 aliphatic carbocycles. The molecule has 0 atom stereocenters. The van der Waals surface area contributed by atoms with Crippen molar-refractivity contribution in [3.8, 4) is 0 Å². The lowest BCUT2D eigenvalue weighted by atomic mass is 10.1. The molecular formula is C12H20N4O2. The number of hydrogen-bond acceptors (Lipinski definition) is 4. The molecule has 0 bridgehead atoms. The largest absolute Gasteiger partial charge is 0.359 e. The van der Waals surface area contributed by atoms with Gasteiger partial charge < -0.3 is 20.1 Å².